The quantitative estimate of drug-likeness (QED) is 0.666. The second-order valence-electron chi connectivity index (χ2n) is 4.13. The van der Waals surface area contributed by atoms with E-state index < -0.39 is 17.7 Å². The van der Waals surface area contributed by atoms with Gasteiger partial charge in [-0.3, -0.25) is 9.59 Å². The molecule has 6 heteroatoms. The molecule has 6 nitrogen and oxygen atoms in total. The van der Waals surface area contributed by atoms with E-state index in [1.807, 2.05) is 0 Å². The average Bonchev–Trinajstić information content (AvgIpc) is 2.88. The Labute approximate surface area is 93.5 Å². The van der Waals surface area contributed by atoms with Gasteiger partial charge in [-0.05, 0) is 19.3 Å². The average molecular weight is 228 g/mol. The predicted molar refractivity (Wildman–Crippen MR) is 54.2 cm³/mol. The summed E-state index contributed by atoms with van der Waals surface area (Å²) in [5, 5.41) is 2.57. The molecule has 16 heavy (non-hydrogen) atoms. The van der Waals surface area contributed by atoms with Crippen molar-refractivity contribution in [3.8, 4) is 0 Å². The van der Waals surface area contributed by atoms with Crippen molar-refractivity contribution in [3.63, 3.8) is 0 Å². The van der Waals surface area contributed by atoms with Crippen LogP contribution in [0.2, 0.25) is 0 Å². The molecule has 2 aliphatic heterocycles. The molecule has 2 rings (SSSR count). The second kappa shape index (κ2) is 4.39. The minimum atomic E-state index is -1.32. The number of hydrogen-bond donors (Lipinski definition) is 2. The first-order valence-electron chi connectivity index (χ1n) is 5.51. The molecule has 0 aliphatic carbocycles. The van der Waals surface area contributed by atoms with E-state index in [2.05, 4.69) is 5.32 Å². The lowest BCUT2D eigenvalue weighted by Crippen LogP contribution is -2.59. The van der Waals surface area contributed by atoms with Gasteiger partial charge < -0.3 is 20.5 Å². The summed E-state index contributed by atoms with van der Waals surface area (Å²) in [4.78, 5) is 23.1. The molecule has 0 aromatic rings. The number of hydrogen-bond acceptors (Lipinski definition) is 4. The smallest absolute Gasteiger partial charge is 0.270 e. The van der Waals surface area contributed by atoms with Gasteiger partial charge in [0.25, 0.3) is 11.8 Å². The summed E-state index contributed by atoms with van der Waals surface area (Å²) in [6.45, 7) is 1.03. The minimum Gasteiger partial charge on any atom is -0.368 e. The number of carbonyl (C=O) groups is 2. The number of amides is 2. The van der Waals surface area contributed by atoms with Gasteiger partial charge in [-0.25, -0.2) is 0 Å². The van der Waals surface area contributed by atoms with Crippen molar-refractivity contribution in [1.82, 2.24) is 5.32 Å². The fourth-order valence-electron chi connectivity index (χ4n) is 2.06. The molecule has 0 aromatic heterocycles. The molecule has 2 aliphatic rings. The molecule has 2 unspecified atom stereocenters. The van der Waals surface area contributed by atoms with Gasteiger partial charge in [0.05, 0.1) is 6.61 Å². The van der Waals surface area contributed by atoms with Crippen molar-refractivity contribution in [2.24, 2.45) is 5.73 Å². The molecule has 90 valence electrons. The van der Waals surface area contributed by atoms with Crippen molar-refractivity contribution in [1.29, 1.82) is 0 Å². The van der Waals surface area contributed by atoms with Crippen LogP contribution in [0.5, 0.6) is 0 Å². The summed E-state index contributed by atoms with van der Waals surface area (Å²) in [6, 6.07) is 0. The van der Waals surface area contributed by atoms with Crippen LogP contribution in [0.3, 0.4) is 0 Å². The Morgan fingerprint density at radius 2 is 2.12 bits per heavy atom. The molecule has 0 bridgehead atoms. The highest BCUT2D eigenvalue weighted by molar-refractivity contribution is 5.90. The summed E-state index contributed by atoms with van der Waals surface area (Å²) in [5.74, 6) is -0.949. The van der Waals surface area contributed by atoms with Crippen LogP contribution >= 0.6 is 0 Å². The van der Waals surface area contributed by atoms with E-state index in [1.165, 1.54) is 0 Å². The molecule has 3 N–H and O–H groups in total. The lowest BCUT2D eigenvalue weighted by molar-refractivity contribution is -0.152. The van der Waals surface area contributed by atoms with Gasteiger partial charge >= 0.3 is 0 Å². The first-order chi connectivity index (χ1) is 7.64. The van der Waals surface area contributed by atoms with Crippen LogP contribution in [0.25, 0.3) is 0 Å². The van der Waals surface area contributed by atoms with E-state index in [0.717, 1.165) is 12.8 Å². The van der Waals surface area contributed by atoms with Gasteiger partial charge in [-0.15, -0.1) is 0 Å². The van der Waals surface area contributed by atoms with Crippen LogP contribution in [-0.2, 0) is 19.1 Å². The molecule has 2 fully saturated rings. The Bertz CT molecular complexity index is 293. The van der Waals surface area contributed by atoms with Crippen LogP contribution < -0.4 is 11.1 Å². The van der Waals surface area contributed by atoms with E-state index in [9.17, 15) is 9.59 Å². The zero-order chi connectivity index (χ0) is 11.6. The van der Waals surface area contributed by atoms with Crippen LogP contribution in [0, 0.1) is 0 Å². The molecule has 2 heterocycles. The van der Waals surface area contributed by atoms with Crippen molar-refractivity contribution >= 4 is 11.8 Å². The number of rotatable bonds is 3. The number of primary amides is 1. The number of nitrogens with two attached hydrogens (primary N) is 1. The molecule has 2 amide bonds. The fraction of sp³-hybridized carbons (Fsp3) is 0.800. The van der Waals surface area contributed by atoms with E-state index in [0.29, 0.717) is 26.1 Å². The normalized spacial score (nSPS) is 33.9. The van der Waals surface area contributed by atoms with Crippen LogP contribution in [-0.4, -0.2) is 36.9 Å². The summed E-state index contributed by atoms with van der Waals surface area (Å²) in [6.07, 6.45) is 2.22. The van der Waals surface area contributed by atoms with Gasteiger partial charge in [0.2, 0.25) is 5.72 Å². The van der Waals surface area contributed by atoms with Gasteiger partial charge in [0, 0.05) is 13.0 Å². The van der Waals surface area contributed by atoms with Gasteiger partial charge in [0.15, 0.2) is 0 Å². The highest BCUT2D eigenvalue weighted by Crippen LogP contribution is 2.23. The first kappa shape index (κ1) is 11.3. The molecule has 2 atom stereocenters. The van der Waals surface area contributed by atoms with E-state index >= 15 is 0 Å². The maximum Gasteiger partial charge on any atom is 0.270 e. The molecule has 0 spiro atoms. The van der Waals surface area contributed by atoms with E-state index in [4.69, 9.17) is 15.2 Å². The summed E-state index contributed by atoms with van der Waals surface area (Å²) < 4.78 is 10.5. The third-order valence-corrected chi connectivity index (χ3v) is 2.97. The Morgan fingerprint density at radius 3 is 2.62 bits per heavy atom. The van der Waals surface area contributed by atoms with Gasteiger partial charge in [0.1, 0.15) is 6.10 Å². The number of ether oxygens (including phenoxy) is 2. The monoisotopic (exact) mass is 228 g/mol. The van der Waals surface area contributed by atoms with Crippen LogP contribution in [0.15, 0.2) is 0 Å². The number of nitrogens with one attached hydrogen (secondary N) is 1. The molecule has 0 saturated carbocycles. The van der Waals surface area contributed by atoms with E-state index in [1.54, 1.807) is 0 Å². The third-order valence-electron chi connectivity index (χ3n) is 2.97. The maximum absolute atomic E-state index is 11.8. The highest BCUT2D eigenvalue weighted by Gasteiger charge is 2.44. The topological polar surface area (TPSA) is 90.7 Å². The summed E-state index contributed by atoms with van der Waals surface area (Å²) in [7, 11) is 0. The molecular formula is C10H16N2O4. The van der Waals surface area contributed by atoms with Crippen LogP contribution in [0.1, 0.15) is 25.7 Å². The molecular weight excluding hydrogens is 212 g/mol. The Morgan fingerprint density at radius 1 is 1.31 bits per heavy atom. The molecule has 0 aromatic carbocycles. The van der Waals surface area contributed by atoms with Crippen molar-refractivity contribution < 1.29 is 19.1 Å². The van der Waals surface area contributed by atoms with Crippen LogP contribution in [0.4, 0.5) is 0 Å². The Balaban J connectivity index is 2.00. The lowest BCUT2D eigenvalue weighted by Gasteiger charge is -2.26. The first-order valence-corrected chi connectivity index (χ1v) is 5.51. The molecule has 2 saturated heterocycles. The molecule has 0 radical (unpaired) electrons. The fourth-order valence-corrected chi connectivity index (χ4v) is 2.06. The Kier molecular flexibility index (Phi) is 3.11. The van der Waals surface area contributed by atoms with Crippen molar-refractivity contribution in [3.05, 3.63) is 0 Å². The number of carbonyl (C=O) groups excluding carboxylic acids is 2. The minimum absolute atomic E-state index is 0.307. The Hall–Kier alpha value is -1.14. The maximum atomic E-state index is 11.8. The lowest BCUT2D eigenvalue weighted by atomic mass is 10.1. The van der Waals surface area contributed by atoms with Crippen molar-refractivity contribution in [2.45, 2.75) is 37.5 Å². The van der Waals surface area contributed by atoms with Crippen molar-refractivity contribution in [2.75, 3.05) is 13.2 Å². The summed E-state index contributed by atoms with van der Waals surface area (Å²) in [5.41, 5.74) is 3.94. The zero-order valence-electron chi connectivity index (χ0n) is 9.03. The van der Waals surface area contributed by atoms with Gasteiger partial charge in [-0.1, -0.05) is 0 Å². The second-order valence-corrected chi connectivity index (χ2v) is 4.13. The third kappa shape index (κ3) is 2.03. The SMILES string of the molecule is NC(=O)C1(NC(=O)C2CCCO2)CCCO1. The predicted octanol–water partition coefficient (Wildman–Crippen LogP) is -0.726. The zero-order valence-corrected chi connectivity index (χ0v) is 9.03. The standard InChI is InChI=1S/C10H16N2O4/c11-9(14)10(4-2-6-16-10)12-8(13)7-3-1-5-15-7/h7H,1-6H2,(H2,11,14)(H,12,13). The summed E-state index contributed by atoms with van der Waals surface area (Å²) >= 11 is 0. The van der Waals surface area contributed by atoms with Gasteiger partial charge in [-0.2, -0.15) is 0 Å². The van der Waals surface area contributed by atoms with E-state index in [-0.39, 0.29) is 5.91 Å². The highest BCUT2D eigenvalue weighted by atomic mass is 16.5. The largest absolute Gasteiger partial charge is 0.368 e.